The van der Waals surface area contributed by atoms with Gasteiger partial charge in [0.25, 0.3) is 0 Å². The first-order valence-corrected chi connectivity index (χ1v) is 5.84. The van der Waals surface area contributed by atoms with Crippen LogP contribution in [0.3, 0.4) is 0 Å². The second-order valence-electron chi connectivity index (χ2n) is 3.89. The lowest BCUT2D eigenvalue weighted by Gasteiger charge is -2.09. The summed E-state index contributed by atoms with van der Waals surface area (Å²) in [5, 5.41) is 9.38. The molecule has 0 radical (unpaired) electrons. The van der Waals surface area contributed by atoms with Gasteiger partial charge in [-0.1, -0.05) is 11.6 Å². The topological polar surface area (TPSA) is 59.0 Å². The first-order valence-electron chi connectivity index (χ1n) is 5.46. The van der Waals surface area contributed by atoms with E-state index in [9.17, 15) is 4.39 Å². The Hall–Kier alpha value is -2.25. The fraction of sp³-hybridized carbons (Fsp3) is 0.0714. The number of ether oxygens (including phenoxy) is 1. The Morgan fingerprint density at radius 2 is 2.05 bits per heavy atom. The van der Waals surface area contributed by atoms with Crippen LogP contribution < -0.4 is 10.5 Å². The maximum absolute atomic E-state index is 13.1. The standard InChI is InChI=1S/C14H10ClFN2O/c15-13-3-1-11(16)5-10(13)8-19-14-4-2-12(18)6-9(14)7-17/h1-6H,8,18H2. The number of hydrogen-bond acceptors (Lipinski definition) is 3. The van der Waals surface area contributed by atoms with Crippen molar-refractivity contribution < 1.29 is 9.13 Å². The lowest BCUT2D eigenvalue weighted by molar-refractivity contribution is 0.305. The highest BCUT2D eigenvalue weighted by Gasteiger charge is 2.07. The van der Waals surface area contributed by atoms with Crippen LogP contribution in [0.15, 0.2) is 36.4 Å². The summed E-state index contributed by atoms with van der Waals surface area (Å²) in [6.45, 7) is 0.0786. The van der Waals surface area contributed by atoms with Gasteiger partial charge in [0.2, 0.25) is 0 Å². The SMILES string of the molecule is N#Cc1cc(N)ccc1OCc1cc(F)ccc1Cl. The highest BCUT2D eigenvalue weighted by atomic mass is 35.5. The van der Waals surface area contributed by atoms with E-state index in [4.69, 9.17) is 27.3 Å². The van der Waals surface area contributed by atoms with Crippen LogP contribution >= 0.6 is 11.6 Å². The van der Waals surface area contributed by atoms with E-state index in [-0.39, 0.29) is 12.4 Å². The molecule has 0 aromatic heterocycles. The average Bonchev–Trinajstić information content (AvgIpc) is 2.40. The maximum Gasteiger partial charge on any atom is 0.137 e. The molecule has 19 heavy (non-hydrogen) atoms. The fourth-order valence-electron chi connectivity index (χ4n) is 1.57. The van der Waals surface area contributed by atoms with E-state index >= 15 is 0 Å². The summed E-state index contributed by atoms with van der Waals surface area (Å²) in [7, 11) is 0. The molecule has 96 valence electrons. The molecule has 0 amide bonds. The minimum atomic E-state index is -0.388. The molecule has 0 atom stereocenters. The van der Waals surface area contributed by atoms with E-state index in [2.05, 4.69) is 0 Å². The Labute approximate surface area is 115 Å². The van der Waals surface area contributed by atoms with Crippen molar-refractivity contribution in [2.75, 3.05) is 5.73 Å². The van der Waals surface area contributed by atoms with E-state index in [1.165, 1.54) is 24.3 Å². The van der Waals surface area contributed by atoms with Gasteiger partial charge in [-0.05, 0) is 36.4 Å². The van der Waals surface area contributed by atoms with Crippen LogP contribution in [0, 0.1) is 17.1 Å². The molecule has 2 aromatic carbocycles. The predicted molar refractivity (Wildman–Crippen MR) is 71.3 cm³/mol. The maximum atomic E-state index is 13.1. The summed E-state index contributed by atoms with van der Waals surface area (Å²) < 4.78 is 18.6. The predicted octanol–water partition coefficient (Wildman–Crippen LogP) is 3.51. The number of nitrogens with two attached hydrogens (primary N) is 1. The van der Waals surface area contributed by atoms with E-state index in [1.54, 1.807) is 12.1 Å². The third kappa shape index (κ3) is 3.15. The second-order valence-corrected chi connectivity index (χ2v) is 4.30. The summed E-state index contributed by atoms with van der Waals surface area (Å²) in [4.78, 5) is 0. The van der Waals surface area contributed by atoms with Crippen molar-refractivity contribution in [2.24, 2.45) is 0 Å². The quantitative estimate of drug-likeness (QED) is 0.873. The molecule has 0 unspecified atom stereocenters. The normalized spacial score (nSPS) is 9.95. The molecule has 2 rings (SSSR count). The molecule has 2 aromatic rings. The summed E-state index contributed by atoms with van der Waals surface area (Å²) in [6, 6.07) is 10.8. The molecule has 0 saturated heterocycles. The average molecular weight is 277 g/mol. The zero-order valence-electron chi connectivity index (χ0n) is 9.86. The molecule has 0 spiro atoms. The molecule has 2 N–H and O–H groups in total. The molecule has 0 aliphatic rings. The molecule has 0 heterocycles. The van der Waals surface area contributed by atoms with Crippen LogP contribution in [0.25, 0.3) is 0 Å². The van der Waals surface area contributed by atoms with Gasteiger partial charge in [-0.25, -0.2) is 4.39 Å². The third-order valence-corrected chi connectivity index (χ3v) is 2.88. The van der Waals surface area contributed by atoms with Crippen molar-refractivity contribution in [1.82, 2.24) is 0 Å². The van der Waals surface area contributed by atoms with Crippen LogP contribution in [0.2, 0.25) is 5.02 Å². The Morgan fingerprint density at radius 3 is 2.79 bits per heavy atom. The second kappa shape index (κ2) is 5.59. The molecule has 5 heteroatoms. The van der Waals surface area contributed by atoms with Gasteiger partial charge >= 0.3 is 0 Å². The highest BCUT2D eigenvalue weighted by Crippen LogP contribution is 2.23. The zero-order valence-corrected chi connectivity index (χ0v) is 10.6. The van der Waals surface area contributed by atoms with E-state index in [1.807, 2.05) is 6.07 Å². The van der Waals surface area contributed by atoms with Gasteiger partial charge in [0.1, 0.15) is 24.2 Å². The zero-order chi connectivity index (χ0) is 13.8. The van der Waals surface area contributed by atoms with Crippen molar-refractivity contribution in [2.45, 2.75) is 6.61 Å². The Bertz CT molecular complexity index is 652. The molecule has 0 fully saturated rings. The molecule has 0 aliphatic heterocycles. The van der Waals surface area contributed by atoms with Gasteiger partial charge in [0, 0.05) is 16.3 Å². The first-order chi connectivity index (χ1) is 9.10. The lowest BCUT2D eigenvalue weighted by atomic mass is 10.2. The number of nitrogen functional groups attached to an aromatic ring is 1. The molecule has 0 bridgehead atoms. The number of anilines is 1. The van der Waals surface area contributed by atoms with Gasteiger partial charge in [-0.3, -0.25) is 0 Å². The van der Waals surface area contributed by atoms with Crippen LogP contribution in [0.1, 0.15) is 11.1 Å². The summed E-state index contributed by atoms with van der Waals surface area (Å²) in [6.07, 6.45) is 0. The largest absolute Gasteiger partial charge is 0.487 e. The fourth-order valence-corrected chi connectivity index (χ4v) is 1.74. The number of halogens is 2. The number of nitriles is 1. The van der Waals surface area contributed by atoms with Crippen LogP contribution in [-0.4, -0.2) is 0 Å². The monoisotopic (exact) mass is 276 g/mol. The van der Waals surface area contributed by atoms with Gasteiger partial charge in [-0.2, -0.15) is 5.26 Å². The Balaban J connectivity index is 2.19. The smallest absolute Gasteiger partial charge is 0.137 e. The minimum absolute atomic E-state index is 0.0786. The van der Waals surface area contributed by atoms with Gasteiger partial charge < -0.3 is 10.5 Å². The van der Waals surface area contributed by atoms with E-state index < -0.39 is 0 Å². The first kappa shape index (κ1) is 13.2. The van der Waals surface area contributed by atoms with Crippen LogP contribution in [0.5, 0.6) is 5.75 Å². The Kier molecular flexibility index (Phi) is 3.88. The van der Waals surface area contributed by atoms with E-state index in [0.717, 1.165) is 0 Å². The number of nitrogens with zero attached hydrogens (tertiary/aromatic N) is 1. The van der Waals surface area contributed by atoms with Gasteiger partial charge in [0.05, 0.1) is 5.56 Å². The summed E-state index contributed by atoms with van der Waals surface area (Å²) in [5.74, 6) is -0.00200. The molecule has 0 saturated carbocycles. The Morgan fingerprint density at radius 1 is 1.26 bits per heavy atom. The van der Waals surface area contributed by atoms with Crippen molar-refractivity contribution in [3.05, 3.63) is 58.4 Å². The van der Waals surface area contributed by atoms with Crippen molar-refractivity contribution >= 4 is 17.3 Å². The summed E-state index contributed by atoms with van der Waals surface area (Å²) >= 11 is 5.93. The van der Waals surface area contributed by atoms with E-state index in [0.29, 0.717) is 27.6 Å². The number of hydrogen-bond donors (Lipinski definition) is 1. The molecule has 3 nitrogen and oxygen atoms in total. The third-order valence-electron chi connectivity index (χ3n) is 2.52. The van der Waals surface area contributed by atoms with Crippen molar-refractivity contribution in [1.29, 1.82) is 5.26 Å². The lowest BCUT2D eigenvalue weighted by Crippen LogP contribution is -1.99. The van der Waals surface area contributed by atoms with Crippen LogP contribution in [0.4, 0.5) is 10.1 Å². The van der Waals surface area contributed by atoms with Crippen LogP contribution in [-0.2, 0) is 6.61 Å². The number of benzene rings is 2. The van der Waals surface area contributed by atoms with Gasteiger partial charge in [-0.15, -0.1) is 0 Å². The number of rotatable bonds is 3. The van der Waals surface area contributed by atoms with Gasteiger partial charge in [0.15, 0.2) is 0 Å². The molecular weight excluding hydrogens is 267 g/mol. The molecule has 0 aliphatic carbocycles. The van der Waals surface area contributed by atoms with Crippen molar-refractivity contribution in [3.8, 4) is 11.8 Å². The van der Waals surface area contributed by atoms with Crippen molar-refractivity contribution in [3.63, 3.8) is 0 Å². The minimum Gasteiger partial charge on any atom is -0.487 e. The summed E-state index contributed by atoms with van der Waals surface area (Å²) in [5.41, 5.74) is 6.90. The molecular formula is C14H10ClFN2O. The highest BCUT2D eigenvalue weighted by molar-refractivity contribution is 6.31.